The summed E-state index contributed by atoms with van der Waals surface area (Å²) in [5, 5.41) is 10.1. The summed E-state index contributed by atoms with van der Waals surface area (Å²) in [5.74, 6) is -0.139. The van der Waals surface area contributed by atoms with Gasteiger partial charge in [0.2, 0.25) is 11.8 Å². The maximum Gasteiger partial charge on any atom is 0.249 e. The molecule has 142 valence electrons. The van der Waals surface area contributed by atoms with Crippen molar-refractivity contribution in [2.75, 3.05) is 0 Å². The average molecular weight is 374 g/mol. The summed E-state index contributed by atoms with van der Waals surface area (Å²) in [6.07, 6.45) is 4.12. The summed E-state index contributed by atoms with van der Waals surface area (Å²) in [4.78, 5) is 31.3. The molecule has 1 aliphatic heterocycles. The van der Waals surface area contributed by atoms with Crippen molar-refractivity contribution in [3.05, 3.63) is 41.1 Å². The number of hydrogen-bond donors (Lipinski definition) is 1. The fourth-order valence-corrected chi connectivity index (χ4v) is 4.60. The lowest BCUT2D eigenvalue weighted by Crippen LogP contribution is -2.38. The van der Waals surface area contributed by atoms with E-state index >= 15 is 0 Å². The van der Waals surface area contributed by atoms with Crippen LogP contribution in [0, 0.1) is 17.2 Å². The van der Waals surface area contributed by atoms with Gasteiger partial charge >= 0.3 is 0 Å². The second-order valence-electron chi connectivity index (χ2n) is 8.74. The lowest BCUT2D eigenvalue weighted by molar-refractivity contribution is -0.131. The molecule has 2 saturated carbocycles. The van der Waals surface area contributed by atoms with Gasteiger partial charge in [0.05, 0.1) is 29.3 Å². The van der Waals surface area contributed by atoms with Crippen LogP contribution in [0.2, 0.25) is 0 Å². The van der Waals surface area contributed by atoms with Crippen LogP contribution in [-0.4, -0.2) is 33.8 Å². The van der Waals surface area contributed by atoms with E-state index in [1.807, 2.05) is 12.1 Å². The molecular weight excluding hydrogens is 352 g/mol. The van der Waals surface area contributed by atoms with E-state index < -0.39 is 5.91 Å². The minimum absolute atomic E-state index is 0.0804. The quantitative estimate of drug-likeness (QED) is 0.888. The number of nitriles is 1. The van der Waals surface area contributed by atoms with Gasteiger partial charge in [-0.3, -0.25) is 14.6 Å². The third-order valence-corrected chi connectivity index (χ3v) is 6.70. The number of rotatable bonds is 4. The zero-order valence-corrected chi connectivity index (χ0v) is 15.8. The van der Waals surface area contributed by atoms with Crippen molar-refractivity contribution in [3.8, 4) is 6.07 Å². The van der Waals surface area contributed by atoms with Gasteiger partial charge in [-0.05, 0) is 60.8 Å². The number of carbonyl (C=O) groups is 2. The first-order valence-corrected chi connectivity index (χ1v) is 9.84. The minimum Gasteiger partial charge on any atom is -0.366 e. The van der Waals surface area contributed by atoms with E-state index in [0.29, 0.717) is 22.7 Å². The van der Waals surface area contributed by atoms with Gasteiger partial charge in [-0.2, -0.15) is 5.26 Å². The van der Waals surface area contributed by atoms with E-state index in [9.17, 15) is 14.9 Å². The van der Waals surface area contributed by atoms with Gasteiger partial charge in [-0.25, -0.2) is 0 Å². The third kappa shape index (κ3) is 2.65. The predicted octanol–water partition coefficient (Wildman–Crippen LogP) is 2.44. The molecular formula is C22H22N4O2. The SMILES string of the molecule is CC1(c2ccc3nc(CC(=O)N4[C@H](C#N)C[C@@H]5C[C@@H]54)cc(C(N)=O)c3c2)CC1. The minimum atomic E-state index is -0.516. The smallest absolute Gasteiger partial charge is 0.249 e. The molecule has 2 aromatic rings. The number of nitrogens with zero attached hydrogens (tertiary/aromatic N) is 3. The molecule has 2 aliphatic carbocycles. The Morgan fingerprint density at radius 1 is 1.32 bits per heavy atom. The van der Waals surface area contributed by atoms with Crippen molar-refractivity contribution in [1.82, 2.24) is 9.88 Å². The Balaban J connectivity index is 1.49. The average Bonchev–Trinajstić information content (AvgIpc) is 3.58. The van der Waals surface area contributed by atoms with Gasteiger partial charge in [0, 0.05) is 11.4 Å². The number of nitrogens with two attached hydrogens (primary N) is 1. The fraction of sp³-hybridized carbons (Fsp3) is 0.455. The van der Waals surface area contributed by atoms with Crippen molar-refractivity contribution in [2.24, 2.45) is 11.7 Å². The molecule has 3 aliphatic rings. The van der Waals surface area contributed by atoms with Crippen molar-refractivity contribution >= 4 is 22.7 Å². The molecule has 0 unspecified atom stereocenters. The molecule has 1 aromatic carbocycles. The molecule has 0 spiro atoms. The Labute approximate surface area is 163 Å². The number of carbonyl (C=O) groups excluding carboxylic acids is 2. The van der Waals surface area contributed by atoms with E-state index in [-0.39, 0.29) is 29.8 Å². The van der Waals surface area contributed by atoms with Crippen molar-refractivity contribution in [2.45, 2.75) is 56.5 Å². The van der Waals surface area contributed by atoms with Crippen molar-refractivity contribution in [1.29, 1.82) is 5.26 Å². The second kappa shape index (κ2) is 5.78. The molecule has 0 bridgehead atoms. The molecule has 1 aromatic heterocycles. The van der Waals surface area contributed by atoms with Crippen molar-refractivity contribution in [3.63, 3.8) is 0 Å². The van der Waals surface area contributed by atoms with E-state index in [4.69, 9.17) is 5.73 Å². The summed E-state index contributed by atoms with van der Waals surface area (Å²) in [7, 11) is 0. The monoisotopic (exact) mass is 374 g/mol. The molecule has 28 heavy (non-hydrogen) atoms. The number of amides is 2. The number of piperidine rings is 1. The van der Waals surface area contributed by atoms with Crippen LogP contribution in [-0.2, 0) is 16.6 Å². The molecule has 3 fully saturated rings. The highest BCUT2D eigenvalue weighted by Crippen LogP contribution is 2.49. The summed E-state index contributed by atoms with van der Waals surface area (Å²) < 4.78 is 0. The Morgan fingerprint density at radius 2 is 2.11 bits per heavy atom. The lowest BCUT2D eigenvalue weighted by atomic mass is 9.94. The van der Waals surface area contributed by atoms with Crippen LogP contribution in [0.3, 0.4) is 0 Å². The van der Waals surface area contributed by atoms with Crippen LogP contribution in [0.4, 0.5) is 0 Å². The number of likely N-dealkylation sites (tertiary alicyclic amines) is 1. The fourth-order valence-electron chi connectivity index (χ4n) is 4.60. The summed E-state index contributed by atoms with van der Waals surface area (Å²) in [6.45, 7) is 2.21. The van der Waals surface area contributed by atoms with E-state index in [1.165, 1.54) is 5.56 Å². The standard InChI is InChI=1S/C22H22N4O2/c1-22(4-5-22)13-2-3-18-16(8-13)17(21(24)28)9-14(25-18)10-20(27)26-15(11-23)6-12-7-19(12)26/h2-3,8-9,12,15,19H,4-7,10H2,1H3,(H2,24,28)/t12-,15+,19+/m1/s1. The predicted molar refractivity (Wildman–Crippen MR) is 103 cm³/mol. The van der Waals surface area contributed by atoms with Gasteiger partial charge in [0.15, 0.2) is 0 Å². The molecule has 3 atom stereocenters. The molecule has 2 N–H and O–H groups in total. The van der Waals surface area contributed by atoms with Crippen LogP contribution in [0.25, 0.3) is 10.9 Å². The zero-order valence-electron chi connectivity index (χ0n) is 15.8. The molecule has 5 rings (SSSR count). The van der Waals surface area contributed by atoms with Gasteiger partial charge < -0.3 is 10.6 Å². The van der Waals surface area contributed by atoms with E-state index in [0.717, 1.165) is 31.1 Å². The molecule has 6 nitrogen and oxygen atoms in total. The van der Waals surface area contributed by atoms with Crippen LogP contribution in [0.5, 0.6) is 0 Å². The van der Waals surface area contributed by atoms with Crippen LogP contribution in [0.1, 0.15) is 54.2 Å². The Bertz CT molecular complexity index is 1070. The maximum absolute atomic E-state index is 12.9. The molecule has 2 heterocycles. The van der Waals surface area contributed by atoms with Crippen LogP contribution < -0.4 is 5.73 Å². The maximum atomic E-state index is 12.9. The highest BCUT2D eigenvalue weighted by atomic mass is 16.2. The van der Waals surface area contributed by atoms with Gasteiger partial charge in [-0.15, -0.1) is 0 Å². The highest BCUT2D eigenvalue weighted by molar-refractivity contribution is 6.05. The van der Waals surface area contributed by atoms with Crippen LogP contribution in [0.15, 0.2) is 24.3 Å². The molecule has 0 radical (unpaired) electrons. The number of pyridine rings is 1. The number of fused-ring (bicyclic) bond motifs is 2. The number of hydrogen-bond acceptors (Lipinski definition) is 4. The first kappa shape index (κ1) is 17.2. The van der Waals surface area contributed by atoms with Gasteiger partial charge in [0.1, 0.15) is 6.04 Å². The second-order valence-corrected chi connectivity index (χ2v) is 8.74. The summed E-state index contributed by atoms with van der Waals surface area (Å²) in [6, 6.07) is 9.73. The number of primary amides is 1. The summed E-state index contributed by atoms with van der Waals surface area (Å²) in [5.41, 5.74) is 8.63. The van der Waals surface area contributed by atoms with Crippen LogP contribution >= 0.6 is 0 Å². The van der Waals surface area contributed by atoms with Gasteiger partial charge in [-0.1, -0.05) is 13.0 Å². The number of aromatic nitrogens is 1. The normalized spacial score (nSPS) is 26.6. The van der Waals surface area contributed by atoms with E-state index in [1.54, 1.807) is 11.0 Å². The largest absolute Gasteiger partial charge is 0.366 e. The molecule has 2 amide bonds. The lowest BCUT2D eigenvalue weighted by Gasteiger charge is -2.22. The Hall–Kier alpha value is -2.94. The number of benzene rings is 1. The topological polar surface area (TPSA) is 100 Å². The van der Waals surface area contributed by atoms with E-state index in [2.05, 4.69) is 24.0 Å². The molecule has 1 saturated heterocycles. The summed E-state index contributed by atoms with van der Waals surface area (Å²) >= 11 is 0. The Morgan fingerprint density at radius 3 is 2.79 bits per heavy atom. The first-order valence-electron chi connectivity index (χ1n) is 9.84. The molecule has 6 heteroatoms. The van der Waals surface area contributed by atoms with Gasteiger partial charge in [0.25, 0.3) is 0 Å². The first-order chi connectivity index (χ1) is 13.4. The van der Waals surface area contributed by atoms with Crippen molar-refractivity contribution < 1.29 is 9.59 Å². The zero-order chi connectivity index (χ0) is 19.6. The third-order valence-electron chi connectivity index (χ3n) is 6.70. The highest BCUT2D eigenvalue weighted by Gasteiger charge is 2.54. The Kier molecular flexibility index (Phi) is 3.54.